The molecule has 60 heavy (non-hydrogen) atoms. The summed E-state index contributed by atoms with van der Waals surface area (Å²) in [7, 11) is 0. The first-order valence-electron chi connectivity index (χ1n) is 20.8. The van der Waals surface area contributed by atoms with Crippen molar-refractivity contribution in [2.24, 2.45) is 0 Å². The molecule has 0 aliphatic carbocycles. The minimum Gasteiger partial charge on any atom is -0.310 e. The van der Waals surface area contributed by atoms with E-state index in [0.717, 1.165) is 17.1 Å². The lowest BCUT2D eigenvalue weighted by atomic mass is 9.96. The molecule has 0 aliphatic heterocycles. The maximum absolute atomic E-state index is 2.42. The standard InChI is InChI=1S/C49H37NS.C7H8.C2H6/c1-36-15-13-25-47(49(36)46-24-11-12-26-48(46)51-45-22-9-4-10-23-45)50(44-21-14-20-42(35-44)38-18-7-3-8-19-38)43-33-31-41(32-34-43)40-29-27-39(28-30-40)37-16-5-2-6-17-37;1-7-5-3-2-4-6-7;1-2/h2-35H,1H3;2-6H,1H3;1-2H3. The molecule has 0 aliphatic rings. The average Bonchev–Trinajstić information content (AvgIpc) is 3.32. The molecule has 2 heteroatoms. The van der Waals surface area contributed by atoms with Gasteiger partial charge in [-0.2, -0.15) is 0 Å². The number of hydrogen-bond donors (Lipinski definition) is 0. The van der Waals surface area contributed by atoms with E-state index in [0.29, 0.717) is 0 Å². The fraction of sp³-hybridized carbons (Fsp3) is 0.0690. The molecule has 0 heterocycles. The second kappa shape index (κ2) is 20.7. The van der Waals surface area contributed by atoms with Crippen molar-refractivity contribution in [1.29, 1.82) is 0 Å². The van der Waals surface area contributed by atoms with Crippen molar-refractivity contribution in [3.05, 3.63) is 248 Å². The largest absolute Gasteiger partial charge is 0.310 e. The van der Waals surface area contributed by atoms with Crippen molar-refractivity contribution < 1.29 is 0 Å². The molecule has 0 amide bonds. The van der Waals surface area contributed by atoms with Crippen LogP contribution < -0.4 is 4.90 Å². The van der Waals surface area contributed by atoms with Crippen LogP contribution in [0.1, 0.15) is 25.0 Å². The Morgan fingerprint density at radius 2 is 0.800 bits per heavy atom. The van der Waals surface area contributed by atoms with Crippen LogP contribution in [0.3, 0.4) is 0 Å². The van der Waals surface area contributed by atoms with Gasteiger partial charge in [0.2, 0.25) is 0 Å². The van der Waals surface area contributed by atoms with Crippen LogP contribution in [-0.4, -0.2) is 0 Å². The molecule has 0 saturated carbocycles. The summed E-state index contributed by atoms with van der Waals surface area (Å²) in [6.45, 7) is 8.31. The van der Waals surface area contributed by atoms with Gasteiger partial charge in [-0.3, -0.25) is 0 Å². The predicted molar refractivity (Wildman–Crippen MR) is 261 cm³/mol. The van der Waals surface area contributed by atoms with Gasteiger partial charge in [0.1, 0.15) is 0 Å². The Labute approximate surface area is 361 Å². The van der Waals surface area contributed by atoms with Crippen LogP contribution in [0.4, 0.5) is 17.1 Å². The van der Waals surface area contributed by atoms with E-state index in [1.54, 1.807) is 0 Å². The molecule has 0 bridgehead atoms. The van der Waals surface area contributed by atoms with E-state index in [9.17, 15) is 0 Å². The first kappa shape index (κ1) is 41.3. The Balaban J connectivity index is 0.000000544. The summed E-state index contributed by atoms with van der Waals surface area (Å²) in [6, 6.07) is 84.3. The molecular formula is C58H51NS. The Bertz CT molecular complexity index is 2670. The third kappa shape index (κ3) is 10.2. The van der Waals surface area contributed by atoms with Crippen LogP contribution in [0.5, 0.6) is 0 Å². The molecule has 1 nitrogen and oxygen atoms in total. The lowest BCUT2D eigenvalue weighted by Crippen LogP contribution is -2.12. The summed E-state index contributed by atoms with van der Waals surface area (Å²) in [5.74, 6) is 0. The van der Waals surface area contributed by atoms with E-state index in [1.807, 2.05) is 43.8 Å². The van der Waals surface area contributed by atoms with E-state index in [1.165, 1.54) is 65.4 Å². The van der Waals surface area contributed by atoms with Gasteiger partial charge >= 0.3 is 0 Å². The highest BCUT2D eigenvalue weighted by Crippen LogP contribution is 2.46. The average molecular weight is 794 g/mol. The number of nitrogens with zero attached hydrogens (tertiary/aromatic N) is 1. The highest BCUT2D eigenvalue weighted by Gasteiger charge is 2.21. The smallest absolute Gasteiger partial charge is 0.0543 e. The van der Waals surface area contributed by atoms with Crippen molar-refractivity contribution in [3.8, 4) is 44.5 Å². The van der Waals surface area contributed by atoms with Gasteiger partial charge in [0.15, 0.2) is 0 Å². The van der Waals surface area contributed by atoms with Crippen molar-refractivity contribution in [3.63, 3.8) is 0 Å². The quantitative estimate of drug-likeness (QED) is 0.143. The van der Waals surface area contributed by atoms with Crippen molar-refractivity contribution >= 4 is 28.8 Å². The SMILES string of the molecule is CC.Cc1cccc(N(c2ccc(-c3ccc(-c4ccccc4)cc3)cc2)c2cccc(-c3ccccc3)c2)c1-c1ccccc1Sc1ccccc1.Cc1ccccc1. The van der Waals surface area contributed by atoms with Crippen molar-refractivity contribution in [2.75, 3.05) is 4.90 Å². The van der Waals surface area contributed by atoms with Crippen LogP contribution in [-0.2, 0) is 0 Å². The van der Waals surface area contributed by atoms with Crippen LogP contribution in [0.25, 0.3) is 44.5 Å². The Kier molecular flexibility index (Phi) is 14.3. The van der Waals surface area contributed by atoms with Gasteiger partial charge in [-0.25, -0.2) is 0 Å². The number of hydrogen-bond acceptors (Lipinski definition) is 2. The molecule has 9 rings (SSSR count). The number of aryl methyl sites for hydroxylation is 2. The maximum Gasteiger partial charge on any atom is 0.0543 e. The van der Waals surface area contributed by atoms with Gasteiger partial charge in [-0.1, -0.05) is 219 Å². The lowest BCUT2D eigenvalue weighted by Gasteiger charge is -2.30. The summed E-state index contributed by atoms with van der Waals surface area (Å²) in [5, 5.41) is 0. The van der Waals surface area contributed by atoms with Crippen molar-refractivity contribution in [2.45, 2.75) is 37.5 Å². The molecule has 9 aromatic carbocycles. The van der Waals surface area contributed by atoms with Gasteiger partial charge in [-0.15, -0.1) is 0 Å². The molecule has 0 spiro atoms. The molecule has 0 atom stereocenters. The third-order valence-corrected chi connectivity index (χ3v) is 11.3. The van der Waals surface area contributed by atoms with E-state index in [4.69, 9.17) is 0 Å². The highest BCUT2D eigenvalue weighted by molar-refractivity contribution is 7.99. The van der Waals surface area contributed by atoms with Gasteiger partial charge in [0.05, 0.1) is 5.69 Å². The molecule has 0 unspecified atom stereocenters. The summed E-state index contributed by atoms with van der Waals surface area (Å²) in [5.41, 5.74) is 15.6. The van der Waals surface area contributed by atoms with Gasteiger partial charge in [0, 0.05) is 26.7 Å². The molecule has 0 radical (unpaired) electrons. The maximum atomic E-state index is 2.42. The minimum atomic E-state index is 1.10. The fourth-order valence-electron chi connectivity index (χ4n) is 7.27. The summed E-state index contributed by atoms with van der Waals surface area (Å²) < 4.78 is 0. The van der Waals surface area contributed by atoms with Crippen LogP contribution in [0, 0.1) is 13.8 Å². The predicted octanol–water partition coefficient (Wildman–Crippen LogP) is 17.3. The normalized spacial score (nSPS) is 10.4. The molecule has 294 valence electrons. The zero-order chi connectivity index (χ0) is 41.5. The molecule has 0 N–H and O–H groups in total. The molecule has 9 aromatic rings. The highest BCUT2D eigenvalue weighted by atomic mass is 32.2. The van der Waals surface area contributed by atoms with Gasteiger partial charge in [0.25, 0.3) is 0 Å². The third-order valence-electron chi connectivity index (χ3n) is 10.2. The van der Waals surface area contributed by atoms with Crippen molar-refractivity contribution in [1.82, 2.24) is 0 Å². The van der Waals surface area contributed by atoms with E-state index >= 15 is 0 Å². The molecule has 0 aromatic heterocycles. The fourth-order valence-corrected chi connectivity index (χ4v) is 8.25. The van der Waals surface area contributed by atoms with Gasteiger partial charge in [-0.05, 0) is 107 Å². The molecule has 0 saturated heterocycles. The minimum absolute atomic E-state index is 1.10. The van der Waals surface area contributed by atoms with Crippen LogP contribution >= 0.6 is 11.8 Å². The number of rotatable bonds is 9. The summed E-state index contributed by atoms with van der Waals surface area (Å²) in [6.07, 6.45) is 0. The van der Waals surface area contributed by atoms with Gasteiger partial charge < -0.3 is 4.90 Å². The zero-order valence-corrected chi connectivity index (χ0v) is 35.7. The Morgan fingerprint density at radius 1 is 0.350 bits per heavy atom. The van der Waals surface area contributed by atoms with E-state index in [-0.39, 0.29) is 0 Å². The van der Waals surface area contributed by atoms with E-state index in [2.05, 4.69) is 237 Å². The molecular weight excluding hydrogens is 743 g/mol. The lowest BCUT2D eigenvalue weighted by molar-refractivity contribution is 1.26. The Morgan fingerprint density at radius 3 is 1.37 bits per heavy atom. The number of benzene rings is 9. The molecule has 0 fully saturated rings. The van der Waals surface area contributed by atoms with Crippen LogP contribution in [0.15, 0.2) is 246 Å². The summed E-state index contributed by atoms with van der Waals surface area (Å²) >= 11 is 1.81. The van der Waals surface area contributed by atoms with Crippen LogP contribution in [0.2, 0.25) is 0 Å². The monoisotopic (exact) mass is 793 g/mol. The first-order chi connectivity index (χ1) is 29.6. The number of anilines is 3. The first-order valence-corrected chi connectivity index (χ1v) is 21.6. The second-order valence-electron chi connectivity index (χ2n) is 14.3. The summed E-state index contributed by atoms with van der Waals surface area (Å²) in [4.78, 5) is 4.87. The zero-order valence-electron chi connectivity index (χ0n) is 34.9. The Hall–Kier alpha value is -6.87. The topological polar surface area (TPSA) is 3.24 Å². The second-order valence-corrected chi connectivity index (χ2v) is 15.4. The van der Waals surface area contributed by atoms with E-state index < -0.39 is 0 Å².